The molecule has 0 nitrogen and oxygen atoms in total. The molecular weight excluding hydrogens is 322 g/mol. The van der Waals surface area contributed by atoms with Crippen molar-refractivity contribution in [3.05, 3.63) is 21.5 Å². The Morgan fingerprint density at radius 1 is 1.15 bits per heavy atom. The Kier molecular flexibility index (Phi) is 13.4. The molecule has 0 radical (unpaired) electrons. The van der Waals surface area contributed by atoms with Crippen molar-refractivity contribution in [2.45, 2.75) is 26.1 Å². The van der Waals surface area contributed by atoms with Crippen molar-refractivity contribution >= 4 is 42.4 Å². The van der Waals surface area contributed by atoms with Gasteiger partial charge in [0.25, 0.3) is 0 Å². The first-order valence-electron chi connectivity index (χ1n) is 3.72. The van der Waals surface area contributed by atoms with Crippen LogP contribution in [0, 0.1) is 0 Å². The van der Waals surface area contributed by atoms with Gasteiger partial charge in [-0.25, -0.2) is 0 Å². The van der Waals surface area contributed by atoms with Crippen molar-refractivity contribution in [1.82, 2.24) is 0 Å². The molecule has 13 heavy (non-hydrogen) atoms. The Hall–Kier alpha value is 1.45. The van der Waals surface area contributed by atoms with Crippen LogP contribution in [0.15, 0.2) is 21.5 Å². The molecule has 0 unspecified atom stereocenters. The smallest absolute Gasteiger partial charge is 0.147 e. The maximum atomic E-state index is 2.50. The molecule has 0 bridgehead atoms. The van der Waals surface area contributed by atoms with E-state index < -0.39 is 5.20 Å². The molecule has 0 saturated carbocycles. The molecule has 78 valence electrons. The second-order valence-electron chi connectivity index (χ2n) is 3.70. The molecule has 1 aliphatic rings. The van der Waals surface area contributed by atoms with E-state index in [1.54, 1.807) is 0 Å². The van der Waals surface area contributed by atoms with Crippen LogP contribution >= 0.6 is 37.2 Å². The topological polar surface area (TPSA) is 0 Å². The largest absolute Gasteiger partial charge is 0.147 e. The van der Waals surface area contributed by atoms with Gasteiger partial charge < -0.3 is 0 Å². The van der Waals surface area contributed by atoms with Crippen molar-refractivity contribution in [3.8, 4) is 0 Å². The van der Waals surface area contributed by atoms with Crippen LogP contribution in [0.3, 0.4) is 0 Å². The van der Waals surface area contributed by atoms with Gasteiger partial charge in [0.15, 0.2) is 0 Å². The molecule has 0 heterocycles. The summed E-state index contributed by atoms with van der Waals surface area (Å²) in [4.78, 5) is 0. The van der Waals surface area contributed by atoms with Crippen LogP contribution in [0.1, 0.15) is 6.42 Å². The van der Waals surface area contributed by atoms with Gasteiger partial charge in [-0.05, 0) is 0 Å². The fraction of sp³-hybridized carbons (Fsp3) is 0.500. The second kappa shape index (κ2) is 8.73. The van der Waals surface area contributed by atoms with Gasteiger partial charge in [0.1, 0.15) is 0 Å². The Bertz CT molecular complexity index is 184. The quantitative estimate of drug-likeness (QED) is 0.667. The zero-order chi connectivity index (χ0) is 7.61. The van der Waals surface area contributed by atoms with Crippen molar-refractivity contribution in [2.75, 3.05) is 0 Å². The third-order valence-corrected chi connectivity index (χ3v) is 11.2. The molecule has 0 aromatic carbocycles. The van der Waals surface area contributed by atoms with E-state index in [2.05, 4.69) is 37.9 Å². The van der Waals surface area contributed by atoms with Crippen LogP contribution in [-0.2, 0) is 22.4 Å². The summed E-state index contributed by atoms with van der Waals surface area (Å²) < 4.78 is 1.81. The van der Waals surface area contributed by atoms with Crippen molar-refractivity contribution in [1.29, 1.82) is 0 Å². The van der Waals surface area contributed by atoms with Crippen LogP contribution in [-0.4, -0.2) is 5.20 Å². The minimum atomic E-state index is -0.661. The Labute approximate surface area is 111 Å². The molecule has 1 rings (SSSR count). The van der Waals surface area contributed by atoms with Crippen LogP contribution in [0.2, 0.25) is 19.6 Å². The first-order chi connectivity index (χ1) is 4.58. The molecule has 0 aromatic heterocycles. The molecule has 0 fully saturated rings. The summed E-state index contributed by atoms with van der Waals surface area (Å²) in [5.41, 5.74) is 0. The molecule has 0 saturated heterocycles. The van der Waals surface area contributed by atoms with Gasteiger partial charge in [-0.3, -0.25) is 0 Å². The fourth-order valence-electron chi connectivity index (χ4n) is 1.02. The summed E-state index contributed by atoms with van der Waals surface area (Å²) >= 11 is -0.108. The number of hydrogen-bond donors (Lipinski definition) is 0. The first-order valence-corrected chi connectivity index (χ1v) is 12.1. The van der Waals surface area contributed by atoms with E-state index in [4.69, 9.17) is 0 Å². The zero-order valence-corrected chi connectivity index (χ0v) is 14.1. The van der Waals surface area contributed by atoms with Gasteiger partial charge in [-0.2, -0.15) is 0 Å². The summed E-state index contributed by atoms with van der Waals surface area (Å²) in [6, 6.07) is 0. The van der Waals surface area contributed by atoms with E-state index >= 15 is 0 Å². The molecule has 0 amide bonds. The minimum absolute atomic E-state index is 0. The summed E-state index contributed by atoms with van der Waals surface area (Å²) in [5.74, 6) is 0. The molecule has 0 N–H and O–H groups in total. The number of allylic oxidation sites excluding steroid dienone is 4. The Morgan fingerprint density at radius 3 is 2.00 bits per heavy atom. The van der Waals surface area contributed by atoms with E-state index in [1.165, 1.54) is 6.42 Å². The SMILES string of the molecule is C[Si](C)(C)[Zr][C]1=CC=CC1.Cl.Cl.Cl. The summed E-state index contributed by atoms with van der Waals surface area (Å²) in [5, 5.41) is -0.661. The number of halogens is 3. The number of rotatable bonds is 2. The van der Waals surface area contributed by atoms with E-state index in [0.29, 0.717) is 0 Å². The predicted molar refractivity (Wildman–Crippen MR) is 66.9 cm³/mol. The second-order valence-corrected chi connectivity index (χ2v) is 22.9. The van der Waals surface area contributed by atoms with Crippen molar-refractivity contribution < 1.29 is 22.4 Å². The summed E-state index contributed by atoms with van der Waals surface area (Å²) in [6.45, 7) is 7.50. The van der Waals surface area contributed by atoms with E-state index in [1.807, 2.05) is 3.28 Å². The van der Waals surface area contributed by atoms with Crippen molar-refractivity contribution in [3.63, 3.8) is 0 Å². The third kappa shape index (κ3) is 9.75. The van der Waals surface area contributed by atoms with E-state index in [9.17, 15) is 0 Å². The third-order valence-electron chi connectivity index (χ3n) is 1.31. The zero-order valence-electron chi connectivity index (χ0n) is 8.16. The van der Waals surface area contributed by atoms with Gasteiger partial charge in [0.2, 0.25) is 0 Å². The Morgan fingerprint density at radius 2 is 1.69 bits per heavy atom. The monoisotopic (exact) mass is 336 g/mol. The molecule has 1 aliphatic carbocycles. The fourth-order valence-corrected chi connectivity index (χ4v) is 11.2. The summed E-state index contributed by atoms with van der Waals surface area (Å²) in [6.07, 6.45) is 8.15. The predicted octanol–water partition coefficient (Wildman–Crippen LogP) is 4.01. The number of hydrogen-bond acceptors (Lipinski definition) is 0. The van der Waals surface area contributed by atoms with Crippen LogP contribution in [0.5, 0.6) is 0 Å². The van der Waals surface area contributed by atoms with Gasteiger partial charge in [-0.1, -0.05) is 0 Å². The van der Waals surface area contributed by atoms with Gasteiger partial charge in [0.05, 0.1) is 0 Å². The van der Waals surface area contributed by atoms with E-state index in [0.717, 1.165) is 0 Å². The van der Waals surface area contributed by atoms with E-state index in [-0.39, 0.29) is 59.6 Å². The molecular formula is C8H17Cl3SiZr. The van der Waals surface area contributed by atoms with Gasteiger partial charge in [-0.15, -0.1) is 37.2 Å². The van der Waals surface area contributed by atoms with Gasteiger partial charge in [0, 0.05) is 0 Å². The molecule has 0 atom stereocenters. The molecule has 5 heteroatoms. The maximum absolute atomic E-state index is 2.50. The van der Waals surface area contributed by atoms with Crippen LogP contribution in [0.25, 0.3) is 0 Å². The van der Waals surface area contributed by atoms with Crippen LogP contribution < -0.4 is 0 Å². The molecule has 0 spiro atoms. The standard InChI is InChI=1S/C5H5.C3H9Si.3ClH.Zr/c1-2-4-5-3-1;1-4(2)3;;;;/h1-3H,4H2;1-3H3;3*1H;. The molecule has 0 aliphatic heterocycles. The summed E-state index contributed by atoms with van der Waals surface area (Å²) in [7, 11) is 0. The van der Waals surface area contributed by atoms with Gasteiger partial charge >= 0.3 is 75.2 Å². The van der Waals surface area contributed by atoms with Crippen LogP contribution in [0.4, 0.5) is 0 Å². The average molecular weight is 339 g/mol. The maximum Gasteiger partial charge on any atom is -0.147 e. The minimum Gasteiger partial charge on any atom is -0.147 e. The normalized spacial score (nSPS) is 13.3. The molecule has 0 aromatic rings. The first kappa shape index (κ1) is 19.9. The van der Waals surface area contributed by atoms with Crippen molar-refractivity contribution in [2.24, 2.45) is 0 Å². The average Bonchev–Trinajstić information content (AvgIpc) is 2.12. The Balaban J connectivity index is -0.000000333.